The van der Waals surface area contributed by atoms with Crippen molar-refractivity contribution in [1.82, 2.24) is 0 Å². The van der Waals surface area contributed by atoms with Crippen molar-refractivity contribution in [2.24, 2.45) is 0 Å². The van der Waals surface area contributed by atoms with E-state index in [1.165, 1.54) is 25.7 Å². The highest BCUT2D eigenvalue weighted by atomic mass is 32.3. The second-order valence-corrected chi connectivity index (χ2v) is 8.51. The highest BCUT2D eigenvalue weighted by Gasteiger charge is 2.25. The first-order valence-corrected chi connectivity index (χ1v) is 10.3. The van der Waals surface area contributed by atoms with Gasteiger partial charge in [-0.2, -0.15) is 0 Å². The second kappa shape index (κ2) is 9.81. The van der Waals surface area contributed by atoms with Crippen LogP contribution in [0.2, 0.25) is 0 Å². The largest absolute Gasteiger partial charge is 0.353 e. The van der Waals surface area contributed by atoms with Gasteiger partial charge in [0.1, 0.15) is 3.41 Å². The van der Waals surface area contributed by atoms with E-state index in [4.69, 9.17) is 9.47 Å². The molecule has 1 heterocycles. The number of unbranched alkanes of at least 4 members (excludes halogenated alkanes) is 1. The Morgan fingerprint density at radius 1 is 1.11 bits per heavy atom. The van der Waals surface area contributed by atoms with E-state index in [1.54, 1.807) is 0 Å². The lowest BCUT2D eigenvalue weighted by molar-refractivity contribution is -0.162. The fourth-order valence-corrected chi connectivity index (χ4v) is 5.10. The molecule has 0 saturated carbocycles. The van der Waals surface area contributed by atoms with E-state index in [0.29, 0.717) is 3.41 Å². The van der Waals surface area contributed by atoms with Crippen LogP contribution in [0.25, 0.3) is 0 Å². The van der Waals surface area contributed by atoms with Crippen molar-refractivity contribution in [3.8, 4) is 0 Å². The SMILES string of the molecule is CSC(CCCCOC1CCCCO1)(SC)SC. The van der Waals surface area contributed by atoms with Crippen molar-refractivity contribution in [2.45, 2.75) is 48.2 Å². The minimum Gasteiger partial charge on any atom is -0.353 e. The van der Waals surface area contributed by atoms with E-state index in [0.717, 1.165) is 26.1 Å². The molecule has 2 nitrogen and oxygen atoms in total. The fourth-order valence-electron chi connectivity index (χ4n) is 2.06. The molecule has 108 valence electrons. The van der Waals surface area contributed by atoms with E-state index < -0.39 is 0 Å². The Kier molecular flexibility index (Phi) is 9.28. The number of hydrogen-bond donors (Lipinski definition) is 0. The summed E-state index contributed by atoms with van der Waals surface area (Å²) in [6, 6.07) is 0. The van der Waals surface area contributed by atoms with Gasteiger partial charge in [0.2, 0.25) is 0 Å². The molecule has 0 spiro atoms. The summed E-state index contributed by atoms with van der Waals surface area (Å²) < 4.78 is 11.6. The van der Waals surface area contributed by atoms with Gasteiger partial charge in [0.25, 0.3) is 0 Å². The molecule has 1 fully saturated rings. The van der Waals surface area contributed by atoms with Crippen LogP contribution in [0, 0.1) is 0 Å². The van der Waals surface area contributed by atoms with Gasteiger partial charge in [0.15, 0.2) is 6.29 Å². The monoisotopic (exact) mass is 310 g/mol. The van der Waals surface area contributed by atoms with Crippen LogP contribution in [0.15, 0.2) is 0 Å². The Morgan fingerprint density at radius 2 is 1.83 bits per heavy atom. The lowest BCUT2D eigenvalue weighted by Crippen LogP contribution is -2.22. The topological polar surface area (TPSA) is 18.5 Å². The zero-order valence-corrected chi connectivity index (χ0v) is 14.2. The van der Waals surface area contributed by atoms with Gasteiger partial charge in [-0.3, -0.25) is 0 Å². The molecule has 1 atom stereocenters. The van der Waals surface area contributed by atoms with E-state index in [-0.39, 0.29) is 6.29 Å². The summed E-state index contributed by atoms with van der Waals surface area (Å²) in [7, 11) is 0. The van der Waals surface area contributed by atoms with Gasteiger partial charge in [-0.25, -0.2) is 0 Å². The fraction of sp³-hybridized carbons (Fsp3) is 1.00. The summed E-state index contributed by atoms with van der Waals surface area (Å²) in [6.45, 7) is 1.72. The molecule has 1 saturated heterocycles. The van der Waals surface area contributed by atoms with Gasteiger partial charge in [-0.1, -0.05) is 0 Å². The average molecular weight is 311 g/mol. The molecular weight excluding hydrogens is 284 g/mol. The Morgan fingerprint density at radius 3 is 2.39 bits per heavy atom. The van der Waals surface area contributed by atoms with Crippen LogP contribution in [-0.2, 0) is 9.47 Å². The third-order valence-corrected chi connectivity index (χ3v) is 8.73. The van der Waals surface area contributed by atoms with E-state index in [9.17, 15) is 0 Å². The molecule has 0 aliphatic carbocycles. The standard InChI is InChI=1S/C13H26O2S3/c1-16-13(17-2,18-3)9-5-7-11-15-12-8-4-6-10-14-12/h12H,4-11H2,1-3H3. The molecule has 0 amide bonds. The molecule has 0 bridgehead atoms. The zero-order chi connectivity index (χ0) is 13.3. The third kappa shape index (κ3) is 5.95. The molecule has 0 aromatic carbocycles. The van der Waals surface area contributed by atoms with E-state index in [1.807, 2.05) is 35.3 Å². The van der Waals surface area contributed by atoms with Crippen LogP contribution in [0.1, 0.15) is 38.5 Å². The molecule has 18 heavy (non-hydrogen) atoms. The summed E-state index contributed by atoms with van der Waals surface area (Å²) in [5.74, 6) is 0. The zero-order valence-electron chi connectivity index (χ0n) is 11.8. The molecule has 0 N–H and O–H groups in total. The van der Waals surface area contributed by atoms with Crippen molar-refractivity contribution in [3.05, 3.63) is 0 Å². The summed E-state index contributed by atoms with van der Waals surface area (Å²) >= 11 is 5.89. The molecule has 0 aromatic heterocycles. The van der Waals surface area contributed by atoms with Crippen LogP contribution in [0.4, 0.5) is 0 Å². The predicted molar refractivity (Wildman–Crippen MR) is 86.7 cm³/mol. The highest BCUT2D eigenvalue weighted by molar-refractivity contribution is 8.33. The van der Waals surface area contributed by atoms with Crippen molar-refractivity contribution in [3.63, 3.8) is 0 Å². The van der Waals surface area contributed by atoms with Gasteiger partial charge in [-0.05, 0) is 57.3 Å². The third-order valence-electron chi connectivity index (χ3n) is 3.25. The molecule has 0 radical (unpaired) electrons. The molecular formula is C13H26O2S3. The minimum absolute atomic E-state index is 0.0742. The van der Waals surface area contributed by atoms with Crippen LogP contribution in [-0.4, -0.2) is 41.7 Å². The predicted octanol–water partition coefficient (Wildman–Crippen LogP) is 4.44. The summed E-state index contributed by atoms with van der Waals surface area (Å²) in [5, 5.41) is 0. The van der Waals surface area contributed by atoms with E-state index in [2.05, 4.69) is 18.8 Å². The molecule has 1 unspecified atom stereocenters. The molecule has 1 aliphatic rings. The van der Waals surface area contributed by atoms with Gasteiger partial charge in [-0.15, -0.1) is 35.3 Å². The lowest BCUT2D eigenvalue weighted by Gasteiger charge is -2.28. The first-order chi connectivity index (χ1) is 8.76. The van der Waals surface area contributed by atoms with Crippen molar-refractivity contribution in [2.75, 3.05) is 32.0 Å². The Balaban J connectivity index is 2.06. The number of thioether (sulfide) groups is 3. The summed E-state index contributed by atoms with van der Waals surface area (Å²) in [4.78, 5) is 0. The van der Waals surface area contributed by atoms with Gasteiger partial charge < -0.3 is 9.47 Å². The van der Waals surface area contributed by atoms with Gasteiger partial charge in [0.05, 0.1) is 0 Å². The van der Waals surface area contributed by atoms with Crippen LogP contribution < -0.4 is 0 Å². The molecule has 0 aromatic rings. The lowest BCUT2D eigenvalue weighted by atomic mass is 10.2. The van der Waals surface area contributed by atoms with E-state index >= 15 is 0 Å². The van der Waals surface area contributed by atoms with Crippen LogP contribution in [0.3, 0.4) is 0 Å². The maximum atomic E-state index is 5.76. The Bertz CT molecular complexity index is 196. The molecule has 1 rings (SSSR count). The van der Waals surface area contributed by atoms with Crippen molar-refractivity contribution >= 4 is 35.3 Å². The average Bonchev–Trinajstić information content (AvgIpc) is 2.45. The number of rotatable bonds is 9. The second-order valence-electron chi connectivity index (χ2n) is 4.42. The van der Waals surface area contributed by atoms with Crippen LogP contribution >= 0.6 is 35.3 Å². The van der Waals surface area contributed by atoms with Crippen LogP contribution in [0.5, 0.6) is 0 Å². The Hall–Kier alpha value is 0.970. The number of hydrogen-bond acceptors (Lipinski definition) is 5. The summed E-state index contributed by atoms with van der Waals surface area (Å²) in [5.41, 5.74) is 0. The van der Waals surface area contributed by atoms with Crippen molar-refractivity contribution < 1.29 is 9.47 Å². The first kappa shape index (κ1) is 17.0. The highest BCUT2D eigenvalue weighted by Crippen LogP contribution is 2.46. The molecule has 5 heteroatoms. The van der Waals surface area contributed by atoms with Crippen molar-refractivity contribution in [1.29, 1.82) is 0 Å². The maximum Gasteiger partial charge on any atom is 0.157 e. The van der Waals surface area contributed by atoms with Gasteiger partial charge in [0, 0.05) is 13.2 Å². The Labute approximate surface area is 125 Å². The number of ether oxygens (including phenoxy) is 2. The quantitative estimate of drug-likeness (QED) is 0.461. The summed E-state index contributed by atoms with van der Waals surface area (Å²) in [6.07, 6.45) is 13.8. The minimum atomic E-state index is 0.0742. The normalized spacial score (nSPS) is 21.2. The smallest absolute Gasteiger partial charge is 0.157 e. The molecule has 1 aliphatic heterocycles. The first-order valence-electron chi connectivity index (χ1n) is 6.65. The van der Waals surface area contributed by atoms with Gasteiger partial charge >= 0.3 is 0 Å². The maximum absolute atomic E-state index is 5.76.